The average molecular weight is 312 g/mol. The van der Waals surface area contributed by atoms with Gasteiger partial charge >= 0.3 is 0 Å². The van der Waals surface area contributed by atoms with Crippen LogP contribution < -0.4 is 5.32 Å². The van der Waals surface area contributed by atoms with E-state index >= 15 is 0 Å². The molecule has 1 atom stereocenters. The van der Waals surface area contributed by atoms with Gasteiger partial charge in [0.15, 0.2) is 0 Å². The van der Waals surface area contributed by atoms with Crippen LogP contribution in [0.25, 0.3) is 11.0 Å². The monoisotopic (exact) mass is 312 g/mol. The van der Waals surface area contributed by atoms with Crippen LogP contribution in [-0.2, 0) is 18.4 Å². The van der Waals surface area contributed by atoms with E-state index in [2.05, 4.69) is 22.5 Å². The maximum atomic E-state index is 12.3. The topological polar surface area (TPSA) is 50.2 Å². The number of imidazole rings is 1. The molecule has 0 aliphatic carbocycles. The van der Waals surface area contributed by atoms with Crippen molar-refractivity contribution in [1.29, 1.82) is 0 Å². The van der Waals surface area contributed by atoms with Crippen molar-refractivity contribution in [1.82, 2.24) is 19.8 Å². The molecule has 23 heavy (non-hydrogen) atoms. The van der Waals surface area contributed by atoms with Gasteiger partial charge in [-0.15, -0.1) is 6.58 Å². The van der Waals surface area contributed by atoms with Crippen molar-refractivity contribution in [3.63, 3.8) is 0 Å². The highest BCUT2D eigenvalue weighted by molar-refractivity contribution is 5.79. The van der Waals surface area contributed by atoms with E-state index < -0.39 is 0 Å². The molecule has 1 amide bonds. The van der Waals surface area contributed by atoms with E-state index in [1.807, 2.05) is 36.2 Å². The summed E-state index contributed by atoms with van der Waals surface area (Å²) >= 11 is 0. The van der Waals surface area contributed by atoms with Crippen molar-refractivity contribution < 1.29 is 4.79 Å². The lowest BCUT2D eigenvalue weighted by atomic mass is 10.1. The molecule has 2 aromatic rings. The lowest BCUT2D eigenvalue weighted by Crippen LogP contribution is -2.35. The zero-order valence-electron chi connectivity index (χ0n) is 13.7. The SMILES string of the molecule is C=CCNCCC1CCC(=O)N1Cc1nc2ccccc2n1C. The van der Waals surface area contributed by atoms with E-state index in [9.17, 15) is 4.79 Å². The van der Waals surface area contributed by atoms with Crippen LogP contribution in [-0.4, -0.2) is 39.5 Å². The Bertz CT molecular complexity index is 706. The van der Waals surface area contributed by atoms with Gasteiger partial charge in [0.1, 0.15) is 5.82 Å². The van der Waals surface area contributed by atoms with Gasteiger partial charge in [0.25, 0.3) is 0 Å². The van der Waals surface area contributed by atoms with Crippen LogP contribution in [0.5, 0.6) is 0 Å². The molecule has 1 fully saturated rings. The van der Waals surface area contributed by atoms with Crippen LogP contribution >= 0.6 is 0 Å². The first kappa shape index (κ1) is 15.7. The second-order valence-electron chi connectivity index (χ2n) is 6.07. The summed E-state index contributed by atoms with van der Waals surface area (Å²) in [6, 6.07) is 8.40. The van der Waals surface area contributed by atoms with Crippen LogP contribution in [0.2, 0.25) is 0 Å². The van der Waals surface area contributed by atoms with Crippen molar-refractivity contribution in [3.8, 4) is 0 Å². The van der Waals surface area contributed by atoms with Gasteiger partial charge in [-0.1, -0.05) is 18.2 Å². The fourth-order valence-electron chi connectivity index (χ4n) is 3.27. The molecule has 0 spiro atoms. The summed E-state index contributed by atoms with van der Waals surface area (Å²) in [7, 11) is 2.02. The largest absolute Gasteiger partial charge is 0.332 e. The van der Waals surface area contributed by atoms with Gasteiger partial charge in [-0.25, -0.2) is 4.98 Å². The smallest absolute Gasteiger partial charge is 0.223 e. The number of nitrogens with one attached hydrogen (secondary N) is 1. The molecule has 1 aliphatic heterocycles. The summed E-state index contributed by atoms with van der Waals surface area (Å²) in [5, 5.41) is 3.32. The third kappa shape index (κ3) is 3.29. The molecule has 2 heterocycles. The van der Waals surface area contributed by atoms with Gasteiger partial charge in [-0.2, -0.15) is 0 Å². The van der Waals surface area contributed by atoms with Gasteiger partial charge in [-0.3, -0.25) is 4.79 Å². The Kier molecular flexibility index (Phi) is 4.76. The minimum atomic E-state index is 0.241. The predicted octanol–water partition coefficient (Wildman–Crippen LogP) is 2.23. The number of para-hydroxylation sites is 2. The summed E-state index contributed by atoms with van der Waals surface area (Å²) in [5.74, 6) is 1.19. The van der Waals surface area contributed by atoms with E-state index in [1.165, 1.54) is 0 Å². The summed E-state index contributed by atoms with van der Waals surface area (Å²) in [4.78, 5) is 18.9. The molecule has 0 bridgehead atoms. The Morgan fingerprint density at radius 2 is 2.26 bits per heavy atom. The molecule has 1 saturated heterocycles. The van der Waals surface area contributed by atoms with E-state index in [0.717, 1.165) is 42.8 Å². The summed E-state index contributed by atoms with van der Waals surface area (Å²) in [5.41, 5.74) is 2.10. The minimum absolute atomic E-state index is 0.241. The normalized spacial score (nSPS) is 18.0. The summed E-state index contributed by atoms with van der Waals surface area (Å²) < 4.78 is 2.09. The van der Waals surface area contributed by atoms with Crippen LogP contribution in [0.15, 0.2) is 36.9 Å². The molecule has 1 unspecified atom stereocenters. The minimum Gasteiger partial charge on any atom is -0.332 e. The first-order valence-electron chi connectivity index (χ1n) is 8.22. The van der Waals surface area contributed by atoms with Gasteiger partial charge in [-0.05, 0) is 31.5 Å². The number of hydrogen-bond donors (Lipinski definition) is 1. The maximum Gasteiger partial charge on any atom is 0.223 e. The molecule has 1 N–H and O–H groups in total. The molecule has 5 heteroatoms. The highest BCUT2D eigenvalue weighted by Crippen LogP contribution is 2.24. The lowest BCUT2D eigenvalue weighted by Gasteiger charge is -2.24. The van der Waals surface area contributed by atoms with E-state index in [-0.39, 0.29) is 5.91 Å². The van der Waals surface area contributed by atoms with Crippen molar-refractivity contribution >= 4 is 16.9 Å². The first-order valence-corrected chi connectivity index (χ1v) is 8.22. The lowest BCUT2D eigenvalue weighted by molar-refractivity contribution is -0.129. The summed E-state index contributed by atoms with van der Waals surface area (Å²) in [6.45, 7) is 6.02. The van der Waals surface area contributed by atoms with Crippen molar-refractivity contribution in [2.75, 3.05) is 13.1 Å². The molecule has 5 nitrogen and oxygen atoms in total. The average Bonchev–Trinajstić information content (AvgIpc) is 3.07. The number of aromatic nitrogens is 2. The Labute approximate surface area is 137 Å². The molecule has 0 saturated carbocycles. The van der Waals surface area contributed by atoms with Crippen molar-refractivity contribution in [2.24, 2.45) is 7.05 Å². The van der Waals surface area contributed by atoms with Crippen molar-refractivity contribution in [3.05, 3.63) is 42.7 Å². The maximum absolute atomic E-state index is 12.3. The number of likely N-dealkylation sites (tertiary alicyclic amines) is 1. The third-order valence-electron chi connectivity index (χ3n) is 4.59. The number of fused-ring (bicyclic) bond motifs is 1. The zero-order chi connectivity index (χ0) is 16.2. The van der Waals surface area contributed by atoms with Crippen LogP contribution in [0, 0.1) is 0 Å². The summed E-state index contributed by atoms with van der Waals surface area (Å²) in [6.07, 6.45) is 4.43. The molecule has 3 rings (SSSR count). The van der Waals surface area contributed by atoms with Crippen molar-refractivity contribution in [2.45, 2.75) is 31.8 Å². The van der Waals surface area contributed by atoms with E-state index in [4.69, 9.17) is 4.98 Å². The molecule has 122 valence electrons. The van der Waals surface area contributed by atoms with Gasteiger partial charge in [0.05, 0.1) is 17.6 Å². The van der Waals surface area contributed by atoms with Gasteiger partial charge in [0.2, 0.25) is 5.91 Å². The number of carbonyl (C=O) groups excluding carboxylic acids is 1. The number of amides is 1. The number of rotatable bonds is 7. The fraction of sp³-hybridized carbons (Fsp3) is 0.444. The number of aryl methyl sites for hydroxylation is 1. The Morgan fingerprint density at radius 1 is 1.43 bits per heavy atom. The number of carbonyl (C=O) groups is 1. The number of hydrogen-bond acceptors (Lipinski definition) is 3. The Morgan fingerprint density at radius 3 is 3.04 bits per heavy atom. The zero-order valence-corrected chi connectivity index (χ0v) is 13.7. The molecule has 1 aliphatic rings. The van der Waals surface area contributed by atoms with E-state index in [0.29, 0.717) is 19.0 Å². The van der Waals surface area contributed by atoms with Crippen LogP contribution in [0.4, 0.5) is 0 Å². The highest BCUT2D eigenvalue weighted by Gasteiger charge is 2.31. The first-order chi connectivity index (χ1) is 11.2. The molecule has 0 radical (unpaired) electrons. The molecule has 1 aromatic heterocycles. The molecular weight excluding hydrogens is 288 g/mol. The van der Waals surface area contributed by atoms with Crippen LogP contribution in [0.3, 0.4) is 0 Å². The number of nitrogens with zero attached hydrogens (tertiary/aromatic N) is 3. The fourth-order valence-corrected chi connectivity index (χ4v) is 3.27. The molecule has 1 aromatic carbocycles. The Balaban J connectivity index is 1.71. The quantitative estimate of drug-likeness (QED) is 0.630. The second-order valence-corrected chi connectivity index (χ2v) is 6.07. The van der Waals surface area contributed by atoms with Gasteiger partial charge in [0, 0.05) is 26.1 Å². The Hall–Kier alpha value is -2.14. The molecular formula is C18H24N4O. The predicted molar refractivity (Wildman–Crippen MR) is 92.0 cm³/mol. The third-order valence-corrected chi connectivity index (χ3v) is 4.59. The van der Waals surface area contributed by atoms with Gasteiger partial charge < -0.3 is 14.8 Å². The second kappa shape index (κ2) is 6.96. The number of benzene rings is 1. The standard InChI is InChI=1S/C18H24N4O/c1-3-11-19-12-10-14-8-9-18(23)22(14)13-17-20-15-6-4-5-7-16(15)21(17)2/h3-7,14,19H,1,8-13H2,2H3. The van der Waals surface area contributed by atoms with Crippen LogP contribution in [0.1, 0.15) is 25.1 Å². The van der Waals surface area contributed by atoms with E-state index in [1.54, 1.807) is 0 Å². The highest BCUT2D eigenvalue weighted by atomic mass is 16.2.